The van der Waals surface area contributed by atoms with Crippen LogP contribution in [0.1, 0.15) is 40.0 Å². The zero-order chi connectivity index (χ0) is 19.4. The third kappa shape index (κ3) is 5.45. The number of nitrogens with one attached hydrogen (secondary N) is 2. The summed E-state index contributed by atoms with van der Waals surface area (Å²) in [6.45, 7) is 6.47. The van der Waals surface area contributed by atoms with Crippen molar-refractivity contribution in [1.29, 1.82) is 0 Å². The second kappa shape index (κ2) is 8.07. The van der Waals surface area contributed by atoms with Gasteiger partial charge in [-0.25, -0.2) is 8.42 Å². The van der Waals surface area contributed by atoms with Gasteiger partial charge >= 0.3 is 0 Å². The molecule has 0 aliphatic carbocycles. The molecule has 2 rings (SSSR count). The zero-order valence-corrected chi connectivity index (χ0v) is 16.4. The first-order chi connectivity index (χ1) is 12.1. The van der Waals surface area contributed by atoms with E-state index in [0.29, 0.717) is 43.7 Å². The van der Waals surface area contributed by atoms with E-state index in [4.69, 9.17) is 0 Å². The molecule has 1 aromatic rings. The summed E-state index contributed by atoms with van der Waals surface area (Å²) in [6.07, 6.45) is 1.48. The Bertz CT molecular complexity index is 752. The molecule has 26 heavy (non-hydrogen) atoms. The number of nitrogens with zero attached hydrogens (tertiary/aromatic N) is 1. The second-order valence-corrected chi connectivity index (χ2v) is 9.46. The summed E-state index contributed by atoms with van der Waals surface area (Å²) in [5.74, 6) is -0.000967. The van der Waals surface area contributed by atoms with Gasteiger partial charge in [0.15, 0.2) is 0 Å². The largest absolute Gasteiger partial charge is 0.356 e. The monoisotopic (exact) mass is 381 g/mol. The van der Waals surface area contributed by atoms with Gasteiger partial charge in [-0.15, -0.1) is 0 Å². The molecular weight excluding hydrogens is 354 g/mol. The van der Waals surface area contributed by atoms with Crippen molar-refractivity contribution in [3.05, 3.63) is 24.3 Å². The molecule has 1 aliphatic heterocycles. The summed E-state index contributed by atoms with van der Waals surface area (Å²) in [6, 6.07) is 6.79. The minimum Gasteiger partial charge on any atom is -0.356 e. The van der Waals surface area contributed by atoms with Crippen LogP contribution in [0.4, 0.5) is 11.4 Å². The Balaban J connectivity index is 1.78. The highest BCUT2D eigenvalue weighted by atomic mass is 32.2. The Morgan fingerprint density at radius 2 is 1.81 bits per heavy atom. The number of hydrogen-bond donors (Lipinski definition) is 2. The lowest BCUT2D eigenvalue weighted by atomic mass is 9.96. The molecule has 0 atom stereocenters. The second-order valence-electron chi connectivity index (χ2n) is 7.45. The lowest BCUT2D eigenvalue weighted by molar-refractivity contribution is -0.128. The summed E-state index contributed by atoms with van der Waals surface area (Å²) in [4.78, 5) is 23.7. The Morgan fingerprint density at radius 1 is 1.15 bits per heavy atom. The van der Waals surface area contributed by atoms with Crippen molar-refractivity contribution in [3.8, 4) is 0 Å². The van der Waals surface area contributed by atoms with Crippen LogP contribution in [0.15, 0.2) is 24.3 Å². The average molecular weight is 381 g/mol. The summed E-state index contributed by atoms with van der Waals surface area (Å²) in [5, 5.41) is 5.59. The van der Waals surface area contributed by atoms with Gasteiger partial charge in [-0.05, 0) is 37.1 Å². The van der Waals surface area contributed by atoms with Gasteiger partial charge in [0.25, 0.3) is 0 Å². The summed E-state index contributed by atoms with van der Waals surface area (Å²) >= 11 is 0. The van der Waals surface area contributed by atoms with Gasteiger partial charge in [0.2, 0.25) is 21.8 Å². The number of amides is 2. The van der Waals surface area contributed by atoms with Crippen LogP contribution < -0.4 is 14.9 Å². The number of sulfonamides is 1. The molecule has 1 saturated heterocycles. The van der Waals surface area contributed by atoms with E-state index in [1.807, 2.05) is 20.8 Å². The fourth-order valence-electron chi connectivity index (χ4n) is 2.58. The zero-order valence-electron chi connectivity index (χ0n) is 15.5. The van der Waals surface area contributed by atoms with Crippen LogP contribution >= 0.6 is 0 Å². The molecule has 0 saturated carbocycles. The van der Waals surface area contributed by atoms with Crippen molar-refractivity contribution in [3.63, 3.8) is 0 Å². The van der Waals surface area contributed by atoms with E-state index in [1.54, 1.807) is 24.3 Å². The first-order valence-electron chi connectivity index (χ1n) is 8.78. The van der Waals surface area contributed by atoms with Crippen LogP contribution in [-0.2, 0) is 19.6 Å². The molecule has 2 amide bonds. The standard InChI is InChI=1S/C18H27N3O4S/c1-18(2,3)17(23)19-11-4-6-16(22)20-14-7-9-15(10-8-14)21-12-5-13-26(21,24)25/h7-10H,4-6,11-13H2,1-3H3,(H,19,23)(H,20,22). The highest BCUT2D eigenvalue weighted by molar-refractivity contribution is 7.93. The average Bonchev–Trinajstić information content (AvgIpc) is 2.90. The first kappa shape index (κ1) is 20.2. The van der Waals surface area contributed by atoms with Crippen molar-refractivity contribution < 1.29 is 18.0 Å². The number of carbonyl (C=O) groups is 2. The third-order valence-electron chi connectivity index (χ3n) is 4.09. The summed E-state index contributed by atoms with van der Waals surface area (Å²) in [7, 11) is -3.20. The van der Waals surface area contributed by atoms with Gasteiger partial charge in [0, 0.05) is 30.6 Å². The first-order valence-corrected chi connectivity index (χ1v) is 10.4. The van der Waals surface area contributed by atoms with E-state index in [1.165, 1.54) is 4.31 Å². The minimum absolute atomic E-state index is 0.0367. The lowest BCUT2D eigenvalue weighted by Crippen LogP contribution is -2.35. The molecule has 0 spiro atoms. The van der Waals surface area contributed by atoms with Crippen LogP contribution in [0.2, 0.25) is 0 Å². The molecule has 1 aliphatic rings. The number of carbonyl (C=O) groups excluding carboxylic acids is 2. The van der Waals surface area contributed by atoms with E-state index in [9.17, 15) is 18.0 Å². The van der Waals surface area contributed by atoms with E-state index in [0.717, 1.165) is 0 Å². The maximum Gasteiger partial charge on any atom is 0.235 e. The lowest BCUT2D eigenvalue weighted by Gasteiger charge is -2.17. The van der Waals surface area contributed by atoms with Crippen LogP contribution in [-0.4, -0.2) is 39.1 Å². The molecular formula is C18H27N3O4S. The topological polar surface area (TPSA) is 95.6 Å². The van der Waals surface area contributed by atoms with Gasteiger partial charge in [-0.1, -0.05) is 20.8 Å². The Labute approximate surface area is 155 Å². The van der Waals surface area contributed by atoms with Crippen LogP contribution in [0.3, 0.4) is 0 Å². The molecule has 0 radical (unpaired) electrons. The van der Waals surface area contributed by atoms with Gasteiger partial charge < -0.3 is 10.6 Å². The maximum absolute atomic E-state index is 12.0. The highest BCUT2D eigenvalue weighted by Gasteiger charge is 2.28. The predicted octanol–water partition coefficient (Wildman–Crippen LogP) is 2.11. The smallest absolute Gasteiger partial charge is 0.235 e. The normalized spacial score (nSPS) is 16.3. The predicted molar refractivity (Wildman–Crippen MR) is 103 cm³/mol. The van der Waals surface area contributed by atoms with Crippen LogP contribution in [0.5, 0.6) is 0 Å². The van der Waals surface area contributed by atoms with Crippen molar-refractivity contribution in [1.82, 2.24) is 5.32 Å². The minimum atomic E-state index is -3.20. The van der Waals surface area contributed by atoms with Crippen molar-refractivity contribution >= 4 is 33.2 Å². The molecule has 144 valence electrons. The molecule has 2 N–H and O–H groups in total. The molecule has 1 fully saturated rings. The number of hydrogen-bond acceptors (Lipinski definition) is 4. The van der Waals surface area contributed by atoms with E-state index < -0.39 is 15.4 Å². The number of anilines is 2. The number of rotatable bonds is 6. The highest BCUT2D eigenvalue weighted by Crippen LogP contribution is 2.25. The van der Waals surface area contributed by atoms with Gasteiger partial charge in [0.05, 0.1) is 11.4 Å². The van der Waals surface area contributed by atoms with Crippen molar-refractivity contribution in [2.24, 2.45) is 5.41 Å². The summed E-state index contributed by atoms with van der Waals surface area (Å²) < 4.78 is 25.2. The Hall–Kier alpha value is -2.09. The number of benzene rings is 1. The van der Waals surface area contributed by atoms with Crippen LogP contribution in [0.25, 0.3) is 0 Å². The molecule has 1 aromatic carbocycles. The Kier molecular flexibility index (Phi) is 6.28. The van der Waals surface area contributed by atoms with E-state index >= 15 is 0 Å². The van der Waals surface area contributed by atoms with E-state index in [-0.39, 0.29) is 17.6 Å². The van der Waals surface area contributed by atoms with Gasteiger partial charge in [-0.3, -0.25) is 13.9 Å². The molecule has 0 aromatic heterocycles. The Morgan fingerprint density at radius 3 is 2.35 bits per heavy atom. The van der Waals surface area contributed by atoms with Crippen molar-refractivity contribution in [2.75, 3.05) is 28.5 Å². The fourth-order valence-corrected chi connectivity index (χ4v) is 4.14. The molecule has 8 heteroatoms. The SMILES string of the molecule is CC(C)(C)C(=O)NCCCC(=O)Nc1ccc(N2CCCS2(=O)=O)cc1. The van der Waals surface area contributed by atoms with Crippen molar-refractivity contribution in [2.45, 2.75) is 40.0 Å². The summed E-state index contributed by atoms with van der Waals surface area (Å²) in [5.41, 5.74) is 0.798. The van der Waals surface area contributed by atoms with Crippen LogP contribution in [0, 0.1) is 5.41 Å². The maximum atomic E-state index is 12.0. The molecule has 1 heterocycles. The molecule has 0 bridgehead atoms. The molecule has 0 unspecified atom stereocenters. The quantitative estimate of drug-likeness (QED) is 0.738. The van der Waals surface area contributed by atoms with Gasteiger partial charge in [-0.2, -0.15) is 0 Å². The van der Waals surface area contributed by atoms with E-state index in [2.05, 4.69) is 10.6 Å². The fraction of sp³-hybridized carbons (Fsp3) is 0.556. The third-order valence-corrected chi connectivity index (χ3v) is 5.96. The molecule has 7 nitrogen and oxygen atoms in total. The van der Waals surface area contributed by atoms with Gasteiger partial charge in [0.1, 0.15) is 0 Å².